The number of hydrogen-bond acceptors (Lipinski definition) is 4. The lowest BCUT2D eigenvalue weighted by Crippen LogP contribution is -2.31. The minimum atomic E-state index is 0.0346. The second-order valence-electron chi connectivity index (χ2n) is 3.33. The standard InChI is InChI=1S/C8H13ClN4O/c1-12-8(4-10-11-12)13-2-3-14-6-7(9)5-13/h4,7H,2-3,5-6H2,1H3. The highest BCUT2D eigenvalue weighted by Crippen LogP contribution is 2.14. The Labute approximate surface area is 87.6 Å². The maximum absolute atomic E-state index is 6.07. The monoisotopic (exact) mass is 216 g/mol. The molecule has 5 nitrogen and oxygen atoms in total. The molecule has 1 fully saturated rings. The smallest absolute Gasteiger partial charge is 0.147 e. The van der Waals surface area contributed by atoms with Crippen molar-refractivity contribution in [1.82, 2.24) is 15.0 Å². The third-order valence-electron chi connectivity index (χ3n) is 2.24. The van der Waals surface area contributed by atoms with Crippen molar-refractivity contribution in [2.45, 2.75) is 5.38 Å². The largest absolute Gasteiger partial charge is 0.378 e. The summed E-state index contributed by atoms with van der Waals surface area (Å²) in [5.41, 5.74) is 0. The molecule has 1 saturated heterocycles. The first-order valence-corrected chi connectivity index (χ1v) is 5.02. The van der Waals surface area contributed by atoms with Gasteiger partial charge in [-0.2, -0.15) is 0 Å². The average molecular weight is 217 g/mol. The van der Waals surface area contributed by atoms with Crippen LogP contribution in [0.1, 0.15) is 0 Å². The molecule has 0 saturated carbocycles. The third kappa shape index (κ3) is 1.99. The van der Waals surface area contributed by atoms with Gasteiger partial charge in [0.05, 0.1) is 24.8 Å². The summed E-state index contributed by atoms with van der Waals surface area (Å²) in [6.45, 7) is 2.94. The van der Waals surface area contributed by atoms with Gasteiger partial charge < -0.3 is 9.64 Å². The minimum absolute atomic E-state index is 0.0346. The van der Waals surface area contributed by atoms with E-state index in [0.717, 1.165) is 18.9 Å². The van der Waals surface area contributed by atoms with Gasteiger partial charge in [0.15, 0.2) is 0 Å². The number of ether oxygens (including phenoxy) is 1. The Hall–Kier alpha value is -0.810. The first-order valence-electron chi connectivity index (χ1n) is 4.59. The molecule has 0 aliphatic carbocycles. The van der Waals surface area contributed by atoms with E-state index in [2.05, 4.69) is 15.2 Å². The van der Waals surface area contributed by atoms with Crippen LogP contribution in [-0.4, -0.2) is 46.7 Å². The molecular formula is C8H13ClN4O. The number of aromatic nitrogens is 3. The zero-order valence-corrected chi connectivity index (χ0v) is 8.81. The van der Waals surface area contributed by atoms with E-state index in [9.17, 15) is 0 Å². The second-order valence-corrected chi connectivity index (χ2v) is 3.95. The topological polar surface area (TPSA) is 43.2 Å². The molecular weight excluding hydrogens is 204 g/mol. The SMILES string of the molecule is Cn1nncc1N1CCOCC(Cl)C1. The fourth-order valence-corrected chi connectivity index (χ4v) is 1.80. The predicted octanol–water partition coefficient (Wildman–Crippen LogP) is 0.259. The lowest BCUT2D eigenvalue weighted by molar-refractivity contribution is 0.154. The van der Waals surface area contributed by atoms with Crippen molar-refractivity contribution in [3.8, 4) is 0 Å². The van der Waals surface area contributed by atoms with Crippen molar-refractivity contribution in [3.05, 3.63) is 6.20 Å². The predicted molar refractivity (Wildman–Crippen MR) is 53.7 cm³/mol. The Balaban J connectivity index is 2.13. The van der Waals surface area contributed by atoms with Crippen LogP contribution in [0.2, 0.25) is 0 Å². The second kappa shape index (κ2) is 4.14. The van der Waals surface area contributed by atoms with Crippen LogP contribution < -0.4 is 4.90 Å². The van der Waals surface area contributed by atoms with E-state index in [4.69, 9.17) is 16.3 Å². The van der Waals surface area contributed by atoms with E-state index in [1.54, 1.807) is 10.9 Å². The number of rotatable bonds is 1. The molecule has 0 N–H and O–H groups in total. The van der Waals surface area contributed by atoms with Crippen molar-refractivity contribution in [3.63, 3.8) is 0 Å². The fourth-order valence-electron chi connectivity index (χ4n) is 1.55. The van der Waals surface area contributed by atoms with Gasteiger partial charge in [0.1, 0.15) is 5.82 Å². The summed E-state index contributed by atoms with van der Waals surface area (Å²) in [6, 6.07) is 0. The Bertz CT molecular complexity index is 303. The van der Waals surface area contributed by atoms with E-state index >= 15 is 0 Å². The molecule has 1 aliphatic rings. The van der Waals surface area contributed by atoms with Gasteiger partial charge in [0, 0.05) is 20.1 Å². The molecule has 2 rings (SSSR count). The molecule has 1 aromatic rings. The van der Waals surface area contributed by atoms with Crippen molar-refractivity contribution < 1.29 is 4.74 Å². The van der Waals surface area contributed by atoms with E-state index in [1.807, 2.05) is 7.05 Å². The van der Waals surface area contributed by atoms with Crippen LogP contribution >= 0.6 is 11.6 Å². The number of nitrogens with zero attached hydrogens (tertiary/aromatic N) is 4. The van der Waals surface area contributed by atoms with Crippen LogP contribution in [0.5, 0.6) is 0 Å². The van der Waals surface area contributed by atoms with E-state index < -0.39 is 0 Å². The zero-order valence-electron chi connectivity index (χ0n) is 8.06. The maximum Gasteiger partial charge on any atom is 0.147 e. The number of anilines is 1. The number of alkyl halides is 1. The van der Waals surface area contributed by atoms with Gasteiger partial charge in [0.2, 0.25) is 0 Å². The van der Waals surface area contributed by atoms with Gasteiger partial charge in [-0.25, -0.2) is 4.68 Å². The molecule has 78 valence electrons. The summed E-state index contributed by atoms with van der Waals surface area (Å²) in [5.74, 6) is 0.987. The quantitative estimate of drug-likeness (QED) is 0.632. The number of halogens is 1. The molecule has 1 atom stereocenters. The Morgan fingerprint density at radius 3 is 3.21 bits per heavy atom. The van der Waals surface area contributed by atoms with Crippen molar-refractivity contribution in [2.24, 2.45) is 7.05 Å². The van der Waals surface area contributed by atoms with Crippen molar-refractivity contribution in [1.29, 1.82) is 0 Å². The van der Waals surface area contributed by atoms with Gasteiger partial charge in [0.25, 0.3) is 0 Å². The Kier molecular flexibility index (Phi) is 2.88. The van der Waals surface area contributed by atoms with E-state index in [0.29, 0.717) is 13.2 Å². The van der Waals surface area contributed by atoms with Crippen LogP contribution in [0.4, 0.5) is 5.82 Å². The van der Waals surface area contributed by atoms with Crippen LogP contribution in [0.25, 0.3) is 0 Å². The fraction of sp³-hybridized carbons (Fsp3) is 0.750. The highest BCUT2D eigenvalue weighted by Gasteiger charge is 2.18. The van der Waals surface area contributed by atoms with E-state index in [1.165, 1.54) is 0 Å². The Morgan fingerprint density at radius 2 is 2.50 bits per heavy atom. The first-order chi connectivity index (χ1) is 6.77. The van der Waals surface area contributed by atoms with Crippen LogP contribution in [0.3, 0.4) is 0 Å². The van der Waals surface area contributed by atoms with Gasteiger partial charge in [-0.3, -0.25) is 0 Å². The molecule has 14 heavy (non-hydrogen) atoms. The lowest BCUT2D eigenvalue weighted by atomic mass is 10.4. The molecule has 0 amide bonds. The molecule has 0 radical (unpaired) electrons. The van der Waals surface area contributed by atoms with Crippen LogP contribution in [-0.2, 0) is 11.8 Å². The molecule has 1 aliphatic heterocycles. The zero-order chi connectivity index (χ0) is 9.97. The highest BCUT2D eigenvalue weighted by molar-refractivity contribution is 6.21. The molecule has 2 heterocycles. The van der Waals surface area contributed by atoms with Crippen molar-refractivity contribution in [2.75, 3.05) is 31.2 Å². The highest BCUT2D eigenvalue weighted by atomic mass is 35.5. The normalized spacial score (nSPS) is 23.6. The lowest BCUT2D eigenvalue weighted by Gasteiger charge is -2.21. The molecule has 0 spiro atoms. The molecule has 1 unspecified atom stereocenters. The maximum atomic E-state index is 6.07. The summed E-state index contributed by atoms with van der Waals surface area (Å²) < 4.78 is 7.10. The molecule has 6 heteroatoms. The summed E-state index contributed by atoms with van der Waals surface area (Å²) in [4.78, 5) is 2.14. The van der Waals surface area contributed by atoms with Gasteiger partial charge in [-0.05, 0) is 0 Å². The van der Waals surface area contributed by atoms with Gasteiger partial charge in [-0.1, -0.05) is 5.21 Å². The van der Waals surface area contributed by atoms with Crippen molar-refractivity contribution >= 4 is 17.4 Å². The summed E-state index contributed by atoms with van der Waals surface area (Å²) in [5, 5.41) is 7.76. The van der Waals surface area contributed by atoms with Gasteiger partial charge in [-0.15, -0.1) is 16.7 Å². The number of aryl methyl sites for hydroxylation is 1. The molecule has 0 aromatic carbocycles. The van der Waals surface area contributed by atoms with E-state index in [-0.39, 0.29) is 5.38 Å². The third-order valence-corrected chi connectivity index (χ3v) is 2.50. The first kappa shape index (κ1) is 9.73. The summed E-state index contributed by atoms with van der Waals surface area (Å²) in [7, 11) is 1.87. The average Bonchev–Trinajstić information content (AvgIpc) is 2.45. The molecule has 0 bridgehead atoms. The van der Waals surface area contributed by atoms with Crippen LogP contribution in [0.15, 0.2) is 6.20 Å². The Morgan fingerprint density at radius 1 is 1.64 bits per heavy atom. The summed E-state index contributed by atoms with van der Waals surface area (Å²) >= 11 is 6.07. The van der Waals surface area contributed by atoms with Crippen LogP contribution in [0, 0.1) is 0 Å². The molecule has 1 aromatic heterocycles. The minimum Gasteiger partial charge on any atom is -0.378 e. The summed E-state index contributed by atoms with van der Waals surface area (Å²) in [6.07, 6.45) is 1.74. The number of hydrogen-bond donors (Lipinski definition) is 0. The van der Waals surface area contributed by atoms with Gasteiger partial charge >= 0.3 is 0 Å².